The lowest BCUT2D eigenvalue weighted by Crippen LogP contribution is -2.40. The van der Waals surface area contributed by atoms with Gasteiger partial charge in [0.1, 0.15) is 6.04 Å². The molecule has 1 fully saturated rings. The van der Waals surface area contributed by atoms with Crippen molar-refractivity contribution in [1.29, 1.82) is 0 Å². The van der Waals surface area contributed by atoms with Gasteiger partial charge in [-0.1, -0.05) is 18.2 Å². The number of carbonyl (C=O) groups excluding carboxylic acids is 1. The molecule has 3 rings (SSSR count). The van der Waals surface area contributed by atoms with E-state index in [1.165, 1.54) is 11.1 Å². The van der Waals surface area contributed by atoms with E-state index in [2.05, 4.69) is 5.10 Å². The Labute approximate surface area is 121 Å². The molecule has 0 bridgehead atoms. The summed E-state index contributed by atoms with van der Waals surface area (Å²) >= 11 is 0. The van der Waals surface area contributed by atoms with Crippen LogP contribution in [0, 0.1) is 0 Å². The predicted molar refractivity (Wildman–Crippen MR) is 75.3 cm³/mol. The van der Waals surface area contributed by atoms with Gasteiger partial charge in [-0.15, -0.1) is 0 Å². The van der Waals surface area contributed by atoms with Crippen molar-refractivity contribution >= 4 is 11.9 Å². The number of hydrogen-bond acceptors (Lipinski definition) is 3. The highest BCUT2D eigenvalue weighted by molar-refractivity contribution is 5.96. The van der Waals surface area contributed by atoms with Crippen LogP contribution in [0.4, 0.5) is 0 Å². The molecule has 0 radical (unpaired) electrons. The van der Waals surface area contributed by atoms with Crippen LogP contribution in [0.2, 0.25) is 0 Å². The van der Waals surface area contributed by atoms with Gasteiger partial charge < -0.3 is 10.0 Å². The maximum absolute atomic E-state index is 12.4. The van der Waals surface area contributed by atoms with Crippen molar-refractivity contribution in [2.75, 3.05) is 6.54 Å². The summed E-state index contributed by atoms with van der Waals surface area (Å²) in [5.74, 6) is -1.22. The molecule has 0 aliphatic carbocycles. The predicted octanol–water partition coefficient (Wildman–Crippen LogP) is 1.56. The van der Waals surface area contributed by atoms with Crippen LogP contribution in [0.1, 0.15) is 23.2 Å². The first-order valence-corrected chi connectivity index (χ1v) is 6.80. The molecule has 2 aromatic rings. The summed E-state index contributed by atoms with van der Waals surface area (Å²) in [6.07, 6.45) is 4.34. The van der Waals surface area contributed by atoms with Gasteiger partial charge >= 0.3 is 5.97 Å². The number of aromatic nitrogens is 2. The summed E-state index contributed by atoms with van der Waals surface area (Å²) in [7, 11) is 0. The number of para-hydroxylation sites is 1. The second-order valence-electron chi connectivity index (χ2n) is 5.00. The van der Waals surface area contributed by atoms with Crippen LogP contribution in [-0.2, 0) is 4.79 Å². The van der Waals surface area contributed by atoms with Gasteiger partial charge in [0.15, 0.2) is 0 Å². The summed E-state index contributed by atoms with van der Waals surface area (Å²) in [6, 6.07) is 8.73. The average molecular weight is 285 g/mol. The molecule has 1 saturated heterocycles. The molecule has 108 valence electrons. The van der Waals surface area contributed by atoms with Crippen LogP contribution in [0.3, 0.4) is 0 Å². The second-order valence-corrected chi connectivity index (χ2v) is 5.00. The molecule has 2 heterocycles. The Morgan fingerprint density at radius 1 is 1.24 bits per heavy atom. The number of rotatable bonds is 3. The van der Waals surface area contributed by atoms with E-state index in [0.29, 0.717) is 18.5 Å². The van der Waals surface area contributed by atoms with E-state index < -0.39 is 12.0 Å². The van der Waals surface area contributed by atoms with Gasteiger partial charge in [-0.2, -0.15) is 5.10 Å². The molecule has 0 saturated carbocycles. The van der Waals surface area contributed by atoms with E-state index in [4.69, 9.17) is 5.11 Å². The lowest BCUT2D eigenvalue weighted by atomic mass is 10.2. The third-order valence-electron chi connectivity index (χ3n) is 3.65. The van der Waals surface area contributed by atoms with Gasteiger partial charge in [-0.3, -0.25) is 4.79 Å². The molecule has 1 amide bonds. The zero-order chi connectivity index (χ0) is 14.8. The Morgan fingerprint density at radius 2 is 2.00 bits per heavy atom. The number of amides is 1. The standard InChI is InChI=1S/C15H15N3O3/c19-14(17-8-4-7-13(17)15(20)21)11-9-16-18(10-11)12-5-2-1-3-6-12/h1-3,5-6,9-10,13H,4,7-8H2,(H,20,21). The molecule has 1 unspecified atom stereocenters. The van der Waals surface area contributed by atoms with Crippen LogP contribution in [0.25, 0.3) is 5.69 Å². The highest BCUT2D eigenvalue weighted by atomic mass is 16.4. The number of aliphatic carboxylic acids is 1. The minimum atomic E-state index is -0.948. The van der Waals surface area contributed by atoms with Gasteiger partial charge in [-0.05, 0) is 25.0 Å². The maximum Gasteiger partial charge on any atom is 0.326 e. The van der Waals surface area contributed by atoms with Crippen LogP contribution in [0.5, 0.6) is 0 Å². The van der Waals surface area contributed by atoms with E-state index in [1.54, 1.807) is 10.9 Å². The van der Waals surface area contributed by atoms with Crippen molar-refractivity contribution in [3.63, 3.8) is 0 Å². The Kier molecular flexibility index (Phi) is 3.43. The van der Waals surface area contributed by atoms with Crippen molar-refractivity contribution in [3.8, 4) is 5.69 Å². The zero-order valence-corrected chi connectivity index (χ0v) is 11.3. The zero-order valence-electron chi connectivity index (χ0n) is 11.3. The number of carboxylic acid groups (broad SMARTS) is 1. The van der Waals surface area contributed by atoms with E-state index in [-0.39, 0.29) is 5.91 Å². The molecule has 1 aromatic carbocycles. The average Bonchev–Trinajstić information content (AvgIpc) is 3.17. The van der Waals surface area contributed by atoms with Crippen molar-refractivity contribution in [2.45, 2.75) is 18.9 Å². The first-order valence-electron chi connectivity index (χ1n) is 6.80. The van der Waals surface area contributed by atoms with Gasteiger partial charge in [0.25, 0.3) is 5.91 Å². The highest BCUT2D eigenvalue weighted by Crippen LogP contribution is 2.20. The Hall–Kier alpha value is -2.63. The molecular weight excluding hydrogens is 270 g/mol. The molecule has 0 spiro atoms. The highest BCUT2D eigenvalue weighted by Gasteiger charge is 2.34. The molecule has 21 heavy (non-hydrogen) atoms. The van der Waals surface area contributed by atoms with Gasteiger partial charge in [0.05, 0.1) is 17.4 Å². The fourth-order valence-corrected chi connectivity index (χ4v) is 2.59. The quantitative estimate of drug-likeness (QED) is 0.928. The fourth-order valence-electron chi connectivity index (χ4n) is 2.59. The Balaban J connectivity index is 1.83. The third kappa shape index (κ3) is 2.52. The molecule has 1 N–H and O–H groups in total. The smallest absolute Gasteiger partial charge is 0.326 e. The summed E-state index contributed by atoms with van der Waals surface area (Å²) in [4.78, 5) is 25.0. The van der Waals surface area contributed by atoms with E-state index >= 15 is 0 Å². The third-order valence-corrected chi connectivity index (χ3v) is 3.65. The van der Waals surface area contributed by atoms with Crippen LogP contribution >= 0.6 is 0 Å². The van der Waals surface area contributed by atoms with Crippen molar-refractivity contribution < 1.29 is 14.7 Å². The number of carbonyl (C=O) groups is 2. The van der Waals surface area contributed by atoms with Crippen LogP contribution < -0.4 is 0 Å². The lowest BCUT2D eigenvalue weighted by molar-refractivity contribution is -0.141. The second kappa shape index (κ2) is 5.40. The first-order chi connectivity index (χ1) is 10.2. The SMILES string of the molecule is O=C(O)C1CCCN1C(=O)c1cnn(-c2ccccc2)c1. The number of carboxylic acids is 1. The van der Waals surface area contributed by atoms with Crippen molar-refractivity contribution in [1.82, 2.24) is 14.7 Å². The number of likely N-dealkylation sites (tertiary alicyclic amines) is 1. The number of hydrogen-bond donors (Lipinski definition) is 1. The number of nitrogens with zero attached hydrogens (tertiary/aromatic N) is 3. The van der Waals surface area contributed by atoms with Crippen molar-refractivity contribution in [3.05, 3.63) is 48.3 Å². The minimum absolute atomic E-state index is 0.276. The van der Waals surface area contributed by atoms with E-state index in [9.17, 15) is 9.59 Å². The monoisotopic (exact) mass is 285 g/mol. The summed E-state index contributed by atoms with van der Waals surface area (Å²) < 4.78 is 1.61. The number of benzene rings is 1. The maximum atomic E-state index is 12.4. The lowest BCUT2D eigenvalue weighted by Gasteiger charge is -2.20. The van der Waals surface area contributed by atoms with Gasteiger partial charge in [0.2, 0.25) is 0 Å². The van der Waals surface area contributed by atoms with E-state index in [1.807, 2.05) is 30.3 Å². The van der Waals surface area contributed by atoms with Crippen molar-refractivity contribution in [2.24, 2.45) is 0 Å². The van der Waals surface area contributed by atoms with Gasteiger partial charge in [-0.25, -0.2) is 9.48 Å². The van der Waals surface area contributed by atoms with E-state index in [0.717, 1.165) is 12.1 Å². The normalized spacial score (nSPS) is 17.9. The molecule has 1 atom stereocenters. The minimum Gasteiger partial charge on any atom is -0.480 e. The molecule has 6 heteroatoms. The molecule has 1 aliphatic heterocycles. The Morgan fingerprint density at radius 3 is 2.71 bits per heavy atom. The first kappa shape index (κ1) is 13.4. The fraction of sp³-hybridized carbons (Fsp3) is 0.267. The van der Waals surface area contributed by atoms with Crippen LogP contribution in [-0.4, -0.2) is 44.3 Å². The largest absolute Gasteiger partial charge is 0.480 e. The summed E-state index contributed by atoms with van der Waals surface area (Å²) in [6.45, 7) is 0.478. The van der Waals surface area contributed by atoms with Crippen LogP contribution in [0.15, 0.2) is 42.7 Å². The topological polar surface area (TPSA) is 75.4 Å². The Bertz CT molecular complexity index is 666. The molecular formula is C15H15N3O3. The molecule has 1 aromatic heterocycles. The van der Waals surface area contributed by atoms with Gasteiger partial charge in [0, 0.05) is 12.7 Å². The molecule has 6 nitrogen and oxygen atoms in total. The summed E-state index contributed by atoms with van der Waals surface area (Å²) in [5, 5.41) is 13.3. The summed E-state index contributed by atoms with van der Waals surface area (Å²) in [5.41, 5.74) is 1.26. The molecule has 1 aliphatic rings.